The number of sulfone groups is 1. The van der Waals surface area contributed by atoms with E-state index in [0.29, 0.717) is 6.42 Å². The van der Waals surface area contributed by atoms with Gasteiger partial charge >= 0.3 is 0 Å². The Bertz CT molecular complexity index is 387. The molecule has 2 rings (SSSR count). The molecule has 92 valence electrons. The van der Waals surface area contributed by atoms with E-state index >= 15 is 0 Å². The highest BCUT2D eigenvalue weighted by Crippen LogP contribution is 2.29. The number of nitrogens with two attached hydrogens (primary N) is 1. The number of carbonyl (C=O) groups excluding carboxylic acids is 1. The Morgan fingerprint density at radius 3 is 2.44 bits per heavy atom. The zero-order valence-corrected chi connectivity index (χ0v) is 10.2. The van der Waals surface area contributed by atoms with E-state index in [1.54, 1.807) is 11.9 Å². The summed E-state index contributed by atoms with van der Waals surface area (Å²) in [6.07, 6.45) is 2.05. The van der Waals surface area contributed by atoms with Gasteiger partial charge in [-0.2, -0.15) is 0 Å². The summed E-state index contributed by atoms with van der Waals surface area (Å²) in [5.74, 6) is 0.403. The van der Waals surface area contributed by atoms with E-state index in [9.17, 15) is 13.2 Å². The first-order chi connectivity index (χ1) is 7.39. The van der Waals surface area contributed by atoms with Gasteiger partial charge in [0.15, 0.2) is 9.84 Å². The van der Waals surface area contributed by atoms with Crippen LogP contribution in [0.25, 0.3) is 0 Å². The van der Waals surface area contributed by atoms with Crippen molar-refractivity contribution in [3.8, 4) is 0 Å². The van der Waals surface area contributed by atoms with Crippen LogP contribution in [0.5, 0.6) is 0 Å². The number of hydrogen-bond donors (Lipinski definition) is 1. The number of hydrogen-bond acceptors (Lipinski definition) is 4. The highest BCUT2D eigenvalue weighted by atomic mass is 32.2. The van der Waals surface area contributed by atoms with Gasteiger partial charge in [0.05, 0.1) is 11.5 Å². The molecule has 1 amide bonds. The Kier molecular flexibility index (Phi) is 2.96. The molecule has 1 saturated carbocycles. The van der Waals surface area contributed by atoms with Crippen molar-refractivity contribution < 1.29 is 13.2 Å². The van der Waals surface area contributed by atoms with Gasteiger partial charge in [-0.1, -0.05) is 0 Å². The summed E-state index contributed by atoms with van der Waals surface area (Å²) in [5, 5.41) is 0. The third-order valence-corrected chi connectivity index (χ3v) is 5.38. The van der Waals surface area contributed by atoms with E-state index in [1.165, 1.54) is 0 Å². The summed E-state index contributed by atoms with van der Waals surface area (Å²) in [7, 11) is -1.21. The molecule has 1 aliphatic carbocycles. The Morgan fingerprint density at radius 2 is 2.00 bits per heavy atom. The second kappa shape index (κ2) is 4.00. The van der Waals surface area contributed by atoms with Crippen LogP contribution in [0.4, 0.5) is 0 Å². The molecular weight excluding hydrogens is 228 g/mol. The molecule has 2 aliphatic rings. The van der Waals surface area contributed by atoms with Gasteiger partial charge in [-0.25, -0.2) is 8.42 Å². The summed E-state index contributed by atoms with van der Waals surface area (Å²) in [4.78, 5) is 13.6. The molecule has 1 saturated heterocycles. The molecule has 5 nitrogen and oxygen atoms in total. The molecule has 1 heterocycles. The second-order valence-electron chi connectivity index (χ2n) is 4.93. The molecule has 0 aromatic heterocycles. The van der Waals surface area contributed by atoms with Crippen molar-refractivity contribution in [2.75, 3.05) is 18.6 Å². The number of rotatable bonds is 2. The lowest BCUT2D eigenvalue weighted by Gasteiger charge is -2.36. The van der Waals surface area contributed by atoms with Crippen molar-refractivity contribution in [3.05, 3.63) is 0 Å². The average molecular weight is 246 g/mol. The zero-order chi connectivity index (χ0) is 11.9. The summed E-state index contributed by atoms with van der Waals surface area (Å²) in [6, 6.07) is 0.0176. The van der Waals surface area contributed by atoms with E-state index in [0.717, 1.165) is 12.8 Å². The molecule has 2 N–H and O–H groups in total. The molecule has 0 aromatic carbocycles. The van der Waals surface area contributed by atoms with Crippen LogP contribution >= 0.6 is 0 Å². The monoisotopic (exact) mass is 246 g/mol. The van der Waals surface area contributed by atoms with Gasteiger partial charge in [-0.05, 0) is 19.3 Å². The van der Waals surface area contributed by atoms with Crippen LogP contribution in [-0.2, 0) is 14.6 Å². The molecule has 2 fully saturated rings. The van der Waals surface area contributed by atoms with Gasteiger partial charge in [-0.3, -0.25) is 4.79 Å². The summed E-state index contributed by atoms with van der Waals surface area (Å²) in [6.45, 7) is 0. The first-order valence-corrected chi connectivity index (χ1v) is 7.44. The van der Waals surface area contributed by atoms with Crippen molar-refractivity contribution in [1.29, 1.82) is 0 Å². The molecule has 6 heteroatoms. The minimum atomic E-state index is -2.92. The summed E-state index contributed by atoms with van der Waals surface area (Å²) >= 11 is 0. The van der Waals surface area contributed by atoms with Crippen LogP contribution in [0.2, 0.25) is 0 Å². The maximum atomic E-state index is 11.9. The smallest absolute Gasteiger partial charge is 0.225 e. The van der Waals surface area contributed by atoms with Gasteiger partial charge in [0.25, 0.3) is 0 Å². The lowest BCUT2D eigenvalue weighted by atomic mass is 9.80. The van der Waals surface area contributed by atoms with Crippen LogP contribution in [-0.4, -0.2) is 49.9 Å². The lowest BCUT2D eigenvalue weighted by Crippen LogP contribution is -2.48. The molecular formula is C10H18N2O3S. The van der Waals surface area contributed by atoms with E-state index in [-0.39, 0.29) is 35.4 Å². The highest BCUT2D eigenvalue weighted by Gasteiger charge is 2.38. The number of amides is 1. The Hall–Kier alpha value is -0.620. The number of nitrogens with zero attached hydrogens (tertiary/aromatic N) is 1. The molecule has 0 spiro atoms. The maximum absolute atomic E-state index is 11.9. The standard InChI is InChI=1S/C10H18N2O3S/c1-12(9-2-3-16(14,15)6-9)10(13)7-4-8(11)5-7/h7-9H,2-6,11H2,1H3. The van der Waals surface area contributed by atoms with Crippen molar-refractivity contribution in [1.82, 2.24) is 4.90 Å². The minimum absolute atomic E-state index is 0.0169. The molecule has 0 radical (unpaired) electrons. The van der Waals surface area contributed by atoms with Gasteiger partial charge in [0.2, 0.25) is 5.91 Å². The van der Waals surface area contributed by atoms with E-state index < -0.39 is 9.84 Å². The first-order valence-electron chi connectivity index (χ1n) is 5.62. The lowest BCUT2D eigenvalue weighted by molar-refractivity contribution is -0.139. The Balaban J connectivity index is 1.93. The SMILES string of the molecule is CN(C(=O)C1CC(N)C1)C1CCS(=O)(=O)C1. The van der Waals surface area contributed by atoms with Crippen molar-refractivity contribution in [3.63, 3.8) is 0 Å². The van der Waals surface area contributed by atoms with E-state index in [1.807, 2.05) is 0 Å². The minimum Gasteiger partial charge on any atom is -0.341 e. The fraction of sp³-hybridized carbons (Fsp3) is 0.900. The van der Waals surface area contributed by atoms with Crippen molar-refractivity contribution >= 4 is 15.7 Å². The Morgan fingerprint density at radius 1 is 1.38 bits per heavy atom. The van der Waals surface area contributed by atoms with Gasteiger partial charge in [0.1, 0.15) is 0 Å². The third kappa shape index (κ3) is 2.22. The van der Waals surface area contributed by atoms with E-state index in [2.05, 4.69) is 0 Å². The fourth-order valence-corrected chi connectivity index (χ4v) is 4.19. The van der Waals surface area contributed by atoms with Gasteiger partial charge in [0, 0.05) is 25.0 Å². The first kappa shape index (κ1) is 11.9. The Labute approximate surface area is 95.9 Å². The normalized spacial score (nSPS) is 36.8. The molecule has 16 heavy (non-hydrogen) atoms. The third-order valence-electron chi connectivity index (χ3n) is 3.63. The fourth-order valence-electron chi connectivity index (χ4n) is 2.41. The van der Waals surface area contributed by atoms with Gasteiger partial charge in [-0.15, -0.1) is 0 Å². The number of carbonyl (C=O) groups is 1. The molecule has 0 aromatic rings. The van der Waals surface area contributed by atoms with Crippen LogP contribution in [0.3, 0.4) is 0 Å². The van der Waals surface area contributed by atoms with E-state index in [4.69, 9.17) is 5.73 Å². The van der Waals surface area contributed by atoms with Crippen molar-refractivity contribution in [2.24, 2.45) is 11.7 Å². The average Bonchev–Trinajstić information content (AvgIpc) is 2.52. The predicted molar refractivity (Wildman–Crippen MR) is 60.5 cm³/mol. The molecule has 1 unspecified atom stereocenters. The summed E-state index contributed by atoms with van der Waals surface area (Å²) < 4.78 is 22.6. The summed E-state index contributed by atoms with van der Waals surface area (Å²) in [5.41, 5.74) is 5.64. The topological polar surface area (TPSA) is 80.5 Å². The quantitative estimate of drug-likeness (QED) is 0.703. The predicted octanol–water partition coefficient (Wildman–Crippen LogP) is -0.631. The largest absolute Gasteiger partial charge is 0.341 e. The van der Waals surface area contributed by atoms with Crippen LogP contribution in [0, 0.1) is 5.92 Å². The second-order valence-corrected chi connectivity index (χ2v) is 7.16. The van der Waals surface area contributed by atoms with Gasteiger partial charge < -0.3 is 10.6 Å². The zero-order valence-electron chi connectivity index (χ0n) is 9.43. The van der Waals surface area contributed by atoms with Crippen molar-refractivity contribution in [2.45, 2.75) is 31.3 Å². The molecule has 1 aliphatic heterocycles. The molecule has 0 bridgehead atoms. The van der Waals surface area contributed by atoms with Crippen LogP contribution in [0.15, 0.2) is 0 Å². The molecule has 1 atom stereocenters. The highest BCUT2D eigenvalue weighted by molar-refractivity contribution is 7.91. The van der Waals surface area contributed by atoms with Crippen LogP contribution < -0.4 is 5.73 Å². The maximum Gasteiger partial charge on any atom is 0.225 e. The van der Waals surface area contributed by atoms with Crippen LogP contribution in [0.1, 0.15) is 19.3 Å².